The highest BCUT2D eigenvalue weighted by Gasteiger charge is 2.20. The lowest BCUT2D eigenvalue weighted by Gasteiger charge is -2.12. The molecule has 3 N–H and O–H groups in total. The van der Waals surface area contributed by atoms with Gasteiger partial charge in [0, 0.05) is 0 Å². The molecular weight excluding hydrogens is 225 g/mol. The second-order valence-corrected chi connectivity index (χ2v) is 3.75. The SMILES string of the molecule is COc1cccc(CC(CCN)C(=O)O)c1F. The molecule has 1 aromatic carbocycles. The largest absolute Gasteiger partial charge is 0.494 e. The van der Waals surface area contributed by atoms with Gasteiger partial charge in [0.15, 0.2) is 11.6 Å². The molecule has 0 amide bonds. The monoisotopic (exact) mass is 241 g/mol. The van der Waals surface area contributed by atoms with Gasteiger partial charge in [-0.1, -0.05) is 12.1 Å². The lowest BCUT2D eigenvalue weighted by atomic mass is 9.96. The van der Waals surface area contributed by atoms with Crippen molar-refractivity contribution in [2.75, 3.05) is 13.7 Å². The van der Waals surface area contributed by atoms with Gasteiger partial charge in [-0.2, -0.15) is 0 Å². The number of rotatable bonds is 6. The molecule has 0 aliphatic rings. The number of halogens is 1. The van der Waals surface area contributed by atoms with Crippen LogP contribution < -0.4 is 10.5 Å². The maximum Gasteiger partial charge on any atom is 0.306 e. The van der Waals surface area contributed by atoms with Crippen LogP contribution in [0.1, 0.15) is 12.0 Å². The van der Waals surface area contributed by atoms with E-state index in [1.807, 2.05) is 0 Å². The van der Waals surface area contributed by atoms with Crippen LogP contribution in [0.4, 0.5) is 4.39 Å². The summed E-state index contributed by atoms with van der Waals surface area (Å²) in [6.45, 7) is 0.266. The molecule has 1 aromatic rings. The normalized spacial score (nSPS) is 12.2. The van der Waals surface area contributed by atoms with Gasteiger partial charge in [-0.3, -0.25) is 4.79 Å². The fraction of sp³-hybridized carbons (Fsp3) is 0.417. The van der Waals surface area contributed by atoms with Gasteiger partial charge in [-0.05, 0) is 31.0 Å². The first-order valence-electron chi connectivity index (χ1n) is 5.34. The highest BCUT2D eigenvalue weighted by Crippen LogP contribution is 2.23. The minimum absolute atomic E-state index is 0.121. The lowest BCUT2D eigenvalue weighted by molar-refractivity contribution is -0.141. The van der Waals surface area contributed by atoms with Crippen molar-refractivity contribution < 1.29 is 19.0 Å². The summed E-state index contributed by atoms with van der Waals surface area (Å²) in [5, 5.41) is 8.97. The molecule has 0 aliphatic heterocycles. The number of carboxylic acids is 1. The Bertz CT molecular complexity index is 395. The molecule has 94 valence electrons. The summed E-state index contributed by atoms with van der Waals surface area (Å²) >= 11 is 0. The number of benzene rings is 1. The van der Waals surface area contributed by atoms with E-state index in [9.17, 15) is 9.18 Å². The van der Waals surface area contributed by atoms with Crippen LogP contribution in [-0.2, 0) is 11.2 Å². The van der Waals surface area contributed by atoms with Crippen LogP contribution in [0.2, 0.25) is 0 Å². The number of methoxy groups -OCH3 is 1. The van der Waals surface area contributed by atoms with E-state index in [-0.39, 0.29) is 18.7 Å². The van der Waals surface area contributed by atoms with Crippen LogP contribution >= 0.6 is 0 Å². The van der Waals surface area contributed by atoms with Gasteiger partial charge < -0.3 is 15.6 Å². The lowest BCUT2D eigenvalue weighted by Crippen LogP contribution is -2.20. The van der Waals surface area contributed by atoms with Crippen molar-refractivity contribution >= 4 is 5.97 Å². The van der Waals surface area contributed by atoms with E-state index in [2.05, 4.69) is 0 Å². The maximum absolute atomic E-state index is 13.8. The molecule has 4 nitrogen and oxygen atoms in total. The van der Waals surface area contributed by atoms with Gasteiger partial charge >= 0.3 is 5.97 Å². The van der Waals surface area contributed by atoms with Crippen molar-refractivity contribution in [3.63, 3.8) is 0 Å². The highest BCUT2D eigenvalue weighted by molar-refractivity contribution is 5.70. The Morgan fingerprint density at radius 2 is 2.29 bits per heavy atom. The standard InChI is InChI=1S/C12H16FNO3/c1-17-10-4-2-3-8(11(10)13)7-9(5-6-14)12(15)16/h2-4,9H,5-7,14H2,1H3,(H,15,16). The van der Waals surface area contributed by atoms with Gasteiger partial charge in [0.1, 0.15) is 0 Å². The molecule has 1 rings (SSSR count). The molecule has 0 saturated heterocycles. The zero-order valence-corrected chi connectivity index (χ0v) is 9.65. The van der Waals surface area contributed by atoms with E-state index in [0.717, 1.165) is 0 Å². The van der Waals surface area contributed by atoms with Crippen molar-refractivity contribution in [1.29, 1.82) is 0 Å². The van der Waals surface area contributed by atoms with E-state index in [1.54, 1.807) is 12.1 Å². The third-order valence-electron chi connectivity index (χ3n) is 2.59. The van der Waals surface area contributed by atoms with Crippen molar-refractivity contribution in [2.24, 2.45) is 11.7 Å². The molecule has 0 radical (unpaired) electrons. The van der Waals surface area contributed by atoms with Gasteiger partial charge in [-0.25, -0.2) is 4.39 Å². The predicted molar refractivity (Wildman–Crippen MR) is 61.5 cm³/mol. The fourth-order valence-corrected chi connectivity index (χ4v) is 1.65. The maximum atomic E-state index is 13.8. The Hall–Kier alpha value is -1.62. The molecule has 0 aromatic heterocycles. The van der Waals surface area contributed by atoms with Crippen molar-refractivity contribution in [1.82, 2.24) is 0 Å². The summed E-state index contributed by atoms with van der Waals surface area (Å²) < 4.78 is 18.6. The molecule has 5 heteroatoms. The highest BCUT2D eigenvalue weighted by atomic mass is 19.1. The number of carbonyl (C=O) groups is 1. The third-order valence-corrected chi connectivity index (χ3v) is 2.59. The molecule has 0 fully saturated rings. The zero-order valence-electron chi connectivity index (χ0n) is 9.65. The van der Waals surface area contributed by atoms with Crippen LogP contribution in [0, 0.1) is 11.7 Å². The quantitative estimate of drug-likeness (QED) is 0.790. The Balaban J connectivity index is 2.89. The third kappa shape index (κ3) is 3.42. The molecule has 1 atom stereocenters. The Labute approximate surface area is 99.2 Å². The molecule has 0 bridgehead atoms. The van der Waals surface area contributed by atoms with Crippen molar-refractivity contribution in [2.45, 2.75) is 12.8 Å². The Morgan fingerprint density at radius 3 is 2.82 bits per heavy atom. The van der Waals surface area contributed by atoms with Crippen LogP contribution in [0.25, 0.3) is 0 Å². The van der Waals surface area contributed by atoms with Crippen molar-refractivity contribution in [3.05, 3.63) is 29.6 Å². The molecule has 0 spiro atoms. The van der Waals surface area contributed by atoms with Gasteiger partial charge in [0.25, 0.3) is 0 Å². The number of ether oxygens (including phenoxy) is 1. The van der Waals surface area contributed by atoms with E-state index in [1.165, 1.54) is 13.2 Å². The molecule has 17 heavy (non-hydrogen) atoms. The summed E-state index contributed by atoms with van der Waals surface area (Å²) in [6, 6.07) is 4.69. The molecule has 0 saturated carbocycles. The minimum atomic E-state index is -0.960. The predicted octanol–water partition coefficient (Wildman–Crippen LogP) is 1.43. The van der Waals surface area contributed by atoms with Gasteiger partial charge in [0.2, 0.25) is 0 Å². The minimum Gasteiger partial charge on any atom is -0.494 e. The Kier molecular flexibility index (Phi) is 4.90. The Morgan fingerprint density at radius 1 is 1.59 bits per heavy atom. The van der Waals surface area contributed by atoms with E-state index in [0.29, 0.717) is 12.0 Å². The number of hydrogen-bond donors (Lipinski definition) is 2. The summed E-state index contributed by atoms with van der Waals surface area (Å²) in [4.78, 5) is 11.0. The fourth-order valence-electron chi connectivity index (χ4n) is 1.65. The van der Waals surface area contributed by atoms with Gasteiger partial charge in [0.05, 0.1) is 13.0 Å². The van der Waals surface area contributed by atoms with E-state index in [4.69, 9.17) is 15.6 Å². The van der Waals surface area contributed by atoms with Crippen LogP contribution in [0.15, 0.2) is 18.2 Å². The number of nitrogens with two attached hydrogens (primary N) is 1. The summed E-state index contributed by atoms with van der Waals surface area (Å²) in [5.41, 5.74) is 5.67. The van der Waals surface area contributed by atoms with E-state index >= 15 is 0 Å². The average Bonchev–Trinajstić information content (AvgIpc) is 2.30. The first-order valence-corrected chi connectivity index (χ1v) is 5.34. The van der Waals surface area contributed by atoms with Crippen LogP contribution in [-0.4, -0.2) is 24.7 Å². The molecule has 1 unspecified atom stereocenters. The molecule has 0 aliphatic carbocycles. The van der Waals surface area contributed by atoms with Crippen molar-refractivity contribution in [3.8, 4) is 5.75 Å². The molecule has 0 heterocycles. The van der Waals surface area contributed by atoms with Crippen LogP contribution in [0.5, 0.6) is 5.75 Å². The number of hydrogen-bond acceptors (Lipinski definition) is 3. The first kappa shape index (κ1) is 13.4. The smallest absolute Gasteiger partial charge is 0.306 e. The summed E-state index contributed by atoms with van der Waals surface area (Å²) in [7, 11) is 1.37. The van der Waals surface area contributed by atoms with Crippen LogP contribution in [0.3, 0.4) is 0 Å². The summed E-state index contributed by atoms with van der Waals surface area (Å²) in [6.07, 6.45) is 0.446. The number of carboxylic acid groups (broad SMARTS) is 1. The second kappa shape index (κ2) is 6.20. The van der Waals surface area contributed by atoms with E-state index < -0.39 is 17.7 Å². The zero-order chi connectivity index (χ0) is 12.8. The topological polar surface area (TPSA) is 72.5 Å². The average molecular weight is 241 g/mol. The number of aliphatic carboxylic acids is 1. The summed E-state index contributed by atoms with van der Waals surface area (Å²) in [5.74, 6) is -2.00. The first-order chi connectivity index (χ1) is 8.10. The molecular formula is C12H16FNO3. The van der Waals surface area contributed by atoms with Gasteiger partial charge in [-0.15, -0.1) is 0 Å². The second-order valence-electron chi connectivity index (χ2n) is 3.75.